The van der Waals surface area contributed by atoms with Crippen molar-refractivity contribution < 1.29 is 13.6 Å². The normalized spacial score (nSPS) is 10.6. The number of halogens is 3. The number of pyridine rings is 1. The molecule has 0 aliphatic heterocycles. The molecule has 3 aromatic rings. The SMILES string of the molecule is O=C(Nc1nc(-c2ccc(F)c(F)c2)cs1)c1cc(Cl)ccn1. The Balaban J connectivity index is 1.79. The molecule has 2 aromatic heterocycles. The summed E-state index contributed by atoms with van der Waals surface area (Å²) in [5.41, 5.74) is 1.01. The predicted octanol–water partition coefficient (Wildman–Crippen LogP) is 4.39. The molecule has 1 N–H and O–H groups in total. The quantitative estimate of drug-likeness (QED) is 0.761. The molecule has 0 bridgehead atoms. The number of anilines is 1. The first-order valence-corrected chi connectivity index (χ1v) is 7.62. The molecule has 1 amide bonds. The van der Waals surface area contributed by atoms with Gasteiger partial charge in [0.05, 0.1) is 5.69 Å². The fourth-order valence-electron chi connectivity index (χ4n) is 1.81. The molecule has 3 rings (SSSR count). The van der Waals surface area contributed by atoms with Crippen molar-refractivity contribution in [2.45, 2.75) is 0 Å². The van der Waals surface area contributed by atoms with Crippen LogP contribution in [0.5, 0.6) is 0 Å². The number of carbonyl (C=O) groups excluding carboxylic acids is 1. The van der Waals surface area contributed by atoms with E-state index in [4.69, 9.17) is 11.6 Å². The smallest absolute Gasteiger partial charge is 0.276 e. The van der Waals surface area contributed by atoms with E-state index in [0.29, 0.717) is 21.4 Å². The van der Waals surface area contributed by atoms with Gasteiger partial charge in [-0.25, -0.2) is 13.8 Å². The predicted molar refractivity (Wildman–Crippen MR) is 84.7 cm³/mol. The summed E-state index contributed by atoms with van der Waals surface area (Å²) in [7, 11) is 0. The van der Waals surface area contributed by atoms with Crippen molar-refractivity contribution >= 4 is 34.0 Å². The van der Waals surface area contributed by atoms with E-state index < -0.39 is 17.5 Å². The third-order valence-corrected chi connectivity index (χ3v) is 3.89. The monoisotopic (exact) mass is 351 g/mol. The van der Waals surface area contributed by atoms with Crippen LogP contribution in [0.15, 0.2) is 41.9 Å². The van der Waals surface area contributed by atoms with E-state index in [0.717, 1.165) is 23.5 Å². The number of amides is 1. The van der Waals surface area contributed by atoms with Crippen molar-refractivity contribution in [3.63, 3.8) is 0 Å². The third kappa shape index (κ3) is 3.52. The molecule has 23 heavy (non-hydrogen) atoms. The molecule has 116 valence electrons. The molecule has 0 radical (unpaired) electrons. The Kier molecular flexibility index (Phi) is 4.31. The molecule has 0 spiro atoms. The van der Waals surface area contributed by atoms with E-state index in [1.807, 2.05) is 0 Å². The van der Waals surface area contributed by atoms with Gasteiger partial charge in [0.1, 0.15) is 5.69 Å². The highest BCUT2D eigenvalue weighted by molar-refractivity contribution is 7.14. The Morgan fingerprint density at radius 2 is 2.00 bits per heavy atom. The Morgan fingerprint density at radius 1 is 1.17 bits per heavy atom. The van der Waals surface area contributed by atoms with Gasteiger partial charge in [0.25, 0.3) is 5.91 Å². The van der Waals surface area contributed by atoms with Crippen LogP contribution in [0.2, 0.25) is 5.02 Å². The number of nitrogens with one attached hydrogen (secondary N) is 1. The number of benzene rings is 1. The summed E-state index contributed by atoms with van der Waals surface area (Å²) in [5, 5.41) is 4.93. The van der Waals surface area contributed by atoms with Crippen molar-refractivity contribution in [1.29, 1.82) is 0 Å². The maximum atomic E-state index is 13.3. The molecule has 0 saturated carbocycles. The van der Waals surface area contributed by atoms with Gasteiger partial charge in [-0.15, -0.1) is 11.3 Å². The molecule has 0 aliphatic carbocycles. The van der Waals surface area contributed by atoms with Crippen LogP contribution in [0.4, 0.5) is 13.9 Å². The lowest BCUT2D eigenvalue weighted by atomic mass is 10.2. The zero-order valence-electron chi connectivity index (χ0n) is 11.4. The first kappa shape index (κ1) is 15.5. The molecular weight excluding hydrogens is 344 g/mol. The highest BCUT2D eigenvalue weighted by atomic mass is 35.5. The topological polar surface area (TPSA) is 54.9 Å². The van der Waals surface area contributed by atoms with E-state index in [-0.39, 0.29) is 5.69 Å². The Hall–Kier alpha value is -2.38. The Bertz CT molecular complexity index is 885. The summed E-state index contributed by atoms with van der Waals surface area (Å²) >= 11 is 6.97. The molecule has 0 saturated heterocycles. The maximum absolute atomic E-state index is 13.3. The van der Waals surface area contributed by atoms with Crippen LogP contribution < -0.4 is 5.32 Å². The highest BCUT2D eigenvalue weighted by Crippen LogP contribution is 2.26. The van der Waals surface area contributed by atoms with Gasteiger partial charge in [-0.3, -0.25) is 15.1 Å². The van der Waals surface area contributed by atoms with Crippen LogP contribution in [0.3, 0.4) is 0 Å². The summed E-state index contributed by atoms with van der Waals surface area (Å²) in [5.74, 6) is -2.34. The first-order chi connectivity index (χ1) is 11.0. The lowest BCUT2D eigenvalue weighted by Crippen LogP contribution is -2.13. The summed E-state index contributed by atoms with van der Waals surface area (Å²) in [6, 6.07) is 6.48. The zero-order chi connectivity index (χ0) is 16.4. The van der Waals surface area contributed by atoms with Crippen molar-refractivity contribution in [2.75, 3.05) is 5.32 Å². The molecule has 8 heteroatoms. The summed E-state index contributed by atoms with van der Waals surface area (Å²) in [6.45, 7) is 0. The van der Waals surface area contributed by atoms with Gasteiger partial charge in [0.15, 0.2) is 16.8 Å². The molecule has 0 atom stereocenters. The molecule has 2 heterocycles. The van der Waals surface area contributed by atoms with E-state index in [9.17, 15) is 13.6 Å². The van der Waals surface area contributed by atoms with Crippen molar-refractivity contribution in [2.24, 2.45) is 0 Å². The Morgan fingerprint density at radius 3 is 2.74 bits per heavy atom. The third-order valence-electron chi connectivity index (χ3n) is 2.89. The minimum Gasteiger partial charge on any atom is -0.296 e. The van der Waals surface area contributed by atoms with Gasteiger partial charge < -0.3 is 0 Å². The number of carbonyl (C=O) groups is 1. The van der Waals surface area contributed by atoms with E-state index in [1.54, 1.807) is 11.4 Å². The average Bonchev–Trinajstić information content (AvgIpc) is 2.98. The summed E-state index contributed by atoms with van der Waals surface area (Å²) in [4.78, 5) is 20.1. The maximum Gasteiger partial charge on any atom is 0.276 e. The number of hydrogen-bond acceptors (Lipinski definition) is 4. The van der Waals surface area contributed by atoms with Crippen molar-refractivity contribution in [3.8, 4) is 11.3 Å². The van der Waals surface area contributed by atoms with Crippen LogP contribution in [0.1, 0.15) is 10.5 Å². The van der Waals surface area contributed by atoms with Crippen LogP contribution in [-0.4, -0.2) is 15.9 Å². The fraction of sp³-hybridized carbons (Fsp3) is 0. The van der Waals surface area contributed by atoms with E-state index in [2.05, 4.69) is 15.3 Å². The van der Waals surface area contributed by atoms with Gasteiger partial charge in [-0.1, -0.05) is 11.6 Å². The molecule has 0 fully saturated rings. The van der Waals surface area contributed by atoms with Gasteiger partial charge in [0.2, 0.25) is 0 Å². The molecule has 4 nitrogen and oxygen atoms in total. The van der Waals surface area contributed by atoms with Gasteiger partial charge in [-0.05, 0) is 30.3 Å². The Labute approximate surface area is 138 Å². The zero-order valence-corrected chi connectivity index (χ0v) is 13.0. The van der Waals surface area contributed by atoms with Crippen LogP contribution in [0.25, 0.3) is 11.3 Å². The minimum atomic E-state index is -0.954. The second-order valence-electron chi connectivity index (χ2n) is 4.48. The number of nitrogens with zero attached hydrogens (tertiary/aromatic N) is 2. The van der Waals surface area contributed by atoms with Gasteiger partial charge >= 0.3 is 0 Å². The van der Waals surface area contributed by atoms with E-state index in [1.165, 1.54) is 18.3 Å². The summed E-state index contributed by atoms with van der Waals surface area (Å²) in [6.07, 6.45) is 1.42. The van der Waals surface area contributed by atoms with Gasteiger partial charge in [0, 0.05) is 22.2 Å². The number of hydrogen-bond donors (Lipinski definition) is 1. The average molecular weight is 352 g/mol. The minimum absolute atomic E-state index is 0.155. The lowest BCUT2D eigenvalue weighted by molar-refractivity contribution is 0.102. The molecular formula is C15H8ClF2N3OS. The number of aromatic nitrogens is 2. The van der Waals surface area contributed by atoms with Crippen molar-refractivity contribution in [1.82, 2.24) is 9.97 Å². The largest absolute Gasteiger partial charge is 0.296 e. The molecule has 1 aromatic carbocycles. The molecule has 0 aliphatic rings. The van der Waals surface area contributed by atoms with Crippen LogP contribution >= 0.6 is 22.9 Å². The number of thiazole rings is 1. The van der Waals surface area contributed by atoms with E-state index >= 15 is 0 Å². The standard InChI is InChI=1S/C15H8ClF2N3OS/c16-9-3-4-19-12(6-9)14(22)21-15-20-13(7-23-15)8-1-2-10(17)11(18)5-8/h1-7H,(H,20,21,22). The molecule has 0 unspecified atom stereocenters. The first-order valence-electron chi connectivity index (χ1n) is 6.37. The van der Waals surface area contributed by atoms with Gasteiger partial charge in [-0.2, -0.15) is 0 Å². The van der Waals surface area contributed by atoms with Crippen LogP contribution in [-0.2, 0) is 0 Å². The highest BCUT2D eigenvalue weighted by Gasteiger charge is 2.12. The lowest BCUT2D eigenvalue weighted by Gasteiger charge is -2.01. The summed E-state index contributed by atoms with van der Waals surface area (Å²) < 4.78 is 26.2. The number of rotatable bonds is 3. The van der Waals surface area contributed by atoms with Crippen LogP contribution in [0, 0.1) is 11.6 Å². The fourth-order valence-corrected chi connectivity index (χ4v) is 2.68. The second-order valence-corrected chi connectivity index (χ2v) is 5.77. The second kappa shape index (κ2) is 6.39. The van der Waals surface area contributed by atoms with Crippen molar-refractivity contribution in [3.05, 3.63) is 64.3 Å².